The van der Waals surface area contributed by atoms with Gasteiger partial charge in [-0.1, -0.05) is 0 Å². The average Bonchev–Trinajstić information content (AvgIpc) is 3.12. The van der Waals surface area contributed by atoms with E-state index >= 15 is 0 Å². The number of hydrogen-bond donors (Lipinski definition) is 1. The van der Waals surface area contributed by atoms with Crippen molar-refractivity contribution in [2.24, 2.45) is 0 Å². The van der Waals surface area contributed by atoms with Crippen LogP contribution in [0.5, 0.6) is 0 Å². The molecular formula is C18H21N3O5. The maximum absolute atomic E-state index is 12.8. The predicted octanol–water partition coefficient (Wildman–Crippen LogP) is 3.05. The number of benzene rings is 1. The van der Waals surface area contributed by atoms with Gasteiger partial charge in [-0.25, -0.2) is 9.59 Å². The van der Waals surface area contributed by atoms with Gasteiger partial charge in [-0.3, -0.25) is 10.1 Å². The number of nitrogens with zero attached hydrogens (tertiary/aromatic N) is 2. The number of esters is 1. The van der Waals surface area contributed by atoms with Crippen molar-refractivity contribution in [3.63, 3.8) is 0 Å². The van der Waals surface area contributed by atoms with Crippen LogP contribution in [0.4, 0.5) is 10.5 Å². The Balaban J connectivity index is 1.93. The first-order valence-electron chi connectivity index (χ1n) is 8.59. The van der Waals surface area contributed by atoms with Gasteiger partial charge in [0, 0.05) is 24.9 Å². The van der Waals surface area contributed by atoms with Gasteiger partial charge in [-0.15, -0.1) is 0 Å². The molecule has 1 aliphatic heterocycles. The fourth-order valence-corrected chi connectivity index (χ4v) is 3.36. The molecule has 0 aromatic heterocycles. The van der Waals surface area contributed by atoms with Crippen LogP contribution >= 0.6 is 0 Å². The Bertz CT molecular complexity index is 766. The third kappa shape index (κ3) is 3.40. The number of non-ortho nitro benzene ring substituents is 1. The van der Waals surface area contributed by atoms with Gasteiger partial charge >= 0.3 is 12.0 Å². The van der Waals surface area contributed by atoms with E-state index in [1.807, 2.05) is 0 Å². The van der Waals surface area contributed by atoms with Crippen LogP contribution in [0.25, 0.3) is 0 Å². The zero-order chi connectivity index (χ0) is 18.8. The number of nitro groups is 1. The van der Waals surface area contributed by atoms with Crippen LogP contribution in [-0.2, 0) is 9.53 Å². The van der Waals surface area contributed by atoms with Crippen molar-refractivity contribution in [2.45, 2.75) is 44.8 Å². The standard InChI is InChI=1S/C18H21N3O5/c1-11-15(17(22)26-14-5-3-4-6-14)16(19-18(23)20(11)2)12-7-9-13(10-8-12)21(24)25/h7-10,14,16H,3-6H2,1-2H3,(H,19,23)/t16-/m0/s1. The van der Waals surface area contributed by atoms with Crippen LogP contribution in [-0.4, -0.2) is 35.0 Å². The van der Waals surface area contributed by atoms with Crippen LogP contribution in [0, 0.1) is 10.1 Å². The zero-order valence-corrected chi connectivity index (χ0v) is 14.7. The molecule has 26 heavy (non-hydrogen) atoms. The monoisotopic (exact) mass is 359 g/mol. The first kappa shape index (κ1) is 17.9. The van der Waals surface area contributed by atoms with Crippen molar-refractivity contribution < 1.29 is 19.2 Å². The van der Waals surface area contributed by atoms with E-state index in [1.54, 1.807) is 26.1 Å². The molecule has 1 fully saturated rings. The van der Waals surface area contributed by atoms with Crippen LogP contribution < -0.4 is 5.32 Å². The van der Waals surface area contributed by atoms with Crippen molar-refractivity contribution in [3.8, 4) is 0 Å². The number of hydrogen-bond acceptors (Lipinski definition) is 5. The van der Waals surface area contributed by atoms with E-state index in [0.717, 1.165) is 25.7 Å². The van der Waals surface area contributed by atoms with Crippen molar-refractivity contribution >= 4 is 17.7 Å². The Labute approximate surface area is 151 Å². The summed E-state index contributed by atoms with van der Waals surface area (Å²) in [6, 6.07) is 4.76. The van der Waals surface area contributed by atoms with Crippen molar-refractivity contribution in [3.05, 3.63) is 51.2 Å². The number of urea groups is 1. The minimum Gasteiger partial charge on any atom is -0.459 e. The normalized spacial score (nSPS) is 20.9. The number of allylic oxidation sites excluding steroid dienone is 1. The zero-order valence-electron chi connectivity index (χ0n) is 14.7. The highest BCUT2D eigenvalue weighted by Crippen LogP contribution is 2.33. The summed E-state index contributed by atoms with van der Waals surface area (Å²) in [5.41, 5.74) is 1.41. The van der Waals surface area contributed by atoms with Gasteiger partial charge in [0.2, 0.25) is 0 Å². The smallest absolute Gasteiger partial charge is 0.338 e. The highest BCUT2D eigenvalue weighted by atomic mass is 16.6. The van der Waals surface area contributed by atoms with Gasteiger partial charge in [-0.05, 0) is 50.3 Å². The summed E-state index contributed by atoms with van der Waals surface area (Å²) in [5, 5.41) is 13.6. The quantitative estimate of drug-likeness (QED) is 0.506. The largest absolute Gasteiger partial charge is 0.459 e. The lowest BCUT2D eigenvalue weighted by atomic mass is 9.95. The second-order valence-electron chi connectivity index (χ2n) is 6.60. The van der Waals surface area contributed by atoms with Gasteiger partial charge < -0.3 is 15.0 Å². The Kier molecular flexibility index (Phi) is 4.92. The van der Waals surface area contributed by atoms with E-state index in [2.05, 4.69) is 5.32 Å². The average molecular weight is 359 g/mol. The number of carbonyl (C=O) groups excluding carboxylic acids is 2. The first-order valence-corrected chi connectivity index (χ1v) is 8.59. The molecule has 2 amide bonds. The lowest BCUT2D eigenvalue weighted by molar-refractivity contribution is -0.384. The molecule has 1 aliphatic carbocycles. The maximum Gasteiger partial charge on any atom is 0.338 e. The summed E-state index contributed by atoms with van der Waals surface area (Å²) in [6.45, 7) is 1.70. The Morgan fingerprint density at radius 2 is 1.88 bits per heavy atom. The molecule has 1 atom stereocenters. The maximum atomic E-state index is 12.8. The molecule has 3 rings (SSSR count). The SMILES string of the molecule is CC1=C(C(=O)OC2CCCC2)[C@H](c2ccc([N+](=O)[O-])cc2)NC(=O)N1C. The summed E-state index contributed by atoms with van der Waals surface area (Å²) >= 11 is 0. The molecule has 0 spiro atoms. The van der Waals surface area contributed by atoms with Gasteiger partial charge in [0.05, 0.1) is 16.5 Å². The summed E-state index contributed by atoms with van der Waals surface area (Å²) < 4.78 is 5.64. The summed E-state index contributed by atoms with van der Waals surface area (Å²) in [4.78, 5) is 36.7. The third-order valence-corrected chi connectivity index (χ3v) is 4.99. The number of carbonyl (C=O) groups is 2. The van der Waals surface area contributed by atoms with Gasteiger partial charge in [0.15, 0.2) is 0 Å². The summed E-state index contributed by atoms with van der Waals surface area (Å²) in [7, 11) is 1.58. The molecule has 8 heteroatoms. The van der Waals surface area contributed by atoms with Crippen LogP contribution in [0.3, 0.4) is 0 Å². The topological polar surface area (TPSA) is 102 Å². The number of ether oxygens (including phenoxy) is 1. The highest BCUT2D eigenvalue weighted by molar-refractivity contribution is 5.95. The fourth-order valence-electron chi connectivity index (χ4n) is 3.36. The Morgan fingerprint density at radius 3 is 2.46 bits per heavy atom. The van der Waals surface area contributed by atoms with Crippen LogP contribution in [0.15, 0.2) is 35.5 Å². The molecule has 1 aromatic carbocycles. The van der Waals surface area contributed by atoms with E-state index in [9.17, 15) is 19.7 Å². The molecule has 1 N–H and O–H groups in total. The predicted molar refractivity (Wildman–Crippen MR) is 93.2 cm³/mol. The highest BCUT2D eigenvalue weighted by Gasteiger charge is 2.36. The van der Waals surface area contributed by atoms with Crippen LogP contribution in [0.1, 0.15) is 44.2 Å². The van der Waals surface area contributed by atoms with Gasteiger partial charge in [-0.2, -0.15) is 0 Å². The van der Waals surface area contributed by atoms with E-state index in [0.29, 0.717) is 16.8 Å². The molecule has 0 radical (unpaired) electrons. The number of amides is 2. The third-order valence-electron chi connectivity index (χ3n) is 4.99. The Hall–Kier alpha value is -2.90. The molecule has 0 bridgehead atoms. The van der Waals surface area contributed by atoms with Crippen LogP contribution in [0.2, 0.25) is 0 Å². The minimum absolute atomic E-state index is 0.0520. The molecular weight excluding hydrogens is 338 g/mol. The molecule has 2 aliphatic rings. The summed E-state index contributed by atoms with van der Waals surface area (Å²) in [5.74, 6) is -0.454. The van der Waals surface area contributed by atoms with E-state index < -0.39 is 16.9 Å². The lowest BCUT2D eigenvalue weighted by Crippen LogP contribution is -2.46. The first-order chi connectivity index (χ1) is 12.4. The molecule has 0 saturated heterocycles. The molecule has 1 heterocycles. The molecule has 0 unspecified atom stereocenters. The number of rotatable bonds is 4. The summed E-state index contributed by atoms with van der Waals surface area (Å²) in [6.07, 6.45) is 3.69. The fraction of sp³-hybridized carbons (Fsp3) is 0.444. The molecule has 1 aromatic rings. The Morgan fingerprint density at radius 1 is 1.27 bits per heavy atom. The molecule has 138 valence electrons. The number of nitro benzene ring substituents is 1. The second-order valence-corrected chi connectivity index (χ2v) is 6.60. The van der Waals surface area contributed by atoms with Gasteiger partial charge in [0.25, 0.3) is 5.69 Å². The number of nitrogens with one attached hydrogen (secondary N) is 1. The second kappa shape index (κ2) is 7.15. The van der Waals surface area contributed by atoms with E-state index in [-0.39, 0.29) is 17.8 Å². The molecule has 1 saturated carbocycles. The van der Waals surface area contributed by atoms with E-state index in [4.69, 9.17) is 4.74 Å². The van der Waals surface area contributed by atoms with Crippen molar-refractivity contribution in [1.82, 2.24) is 10.2 Å². The van der Waals surface area contributed by atoms with Crippen molar-refractivity contribution in [2.75, 3.05) is 7.05 Å². The minimum atomic E-state index is -0.701. The van der Waals surface area contributed by atoms with Gasteiger partial charge in [0.1, 0.15) is 6.10 Å². The van der Waals surface area contributed by atoms with Crippen molar-refractivity contribution in [1.29, 1.82) is 0 Å². The van der Waals surface area contributed by atoms with E-state index in [1.165, 1.54) is 17.0 Å². The lowest BCUT2D eigenvalue weighted by Gasteiger charge is -2.33. The molecule has 8 nitrogen and oxygen atoms in total.